The molecule has 2 bridgehead atoms. The van der Waals surface area contributed by atoms with Gasteiger partial charge in [-0.1, -0.05) is 0 Å². The summed E-state index contributed by atoms with van der Waals surface area (Å²) >= 11 is 0. The minimum atomic E-state index is -2.03. The summed E-state index contributed by atoms with van der Waals surface area (Å²) in [5.74, 6) is -3.51. The molecule has 4 rings (SSSR count). The van der Waals surface area contributed by atoms with Crippen LogP contribution in [0.2, 0.25) is 0 Å². The first-order valence-corrected chi connectivity index (χ1v) is 10.6. The third-order valence-corrected chi connectivity index (χ3v) is 5.80. The summed E-state index contributed by atoms with van der Waals surface area (Å²) in [5, 5.41) is 19.9. The second-order valence-corrected chi connectivity index (χ2v) is 7.31. The Morgan fingerprint density at radius 1 is 1.00 bits per heavy atom. The van der Waals surface area contributed by atoms with Crippen molar-refractivity contribution in [2.75, 3.05) is 26.4 Å². The predicted octanol–water partition coefficient (Wildman–Crippen LogP) is 1.73. The SMILES string of the molecule is CCOC(=O)C1=C[C@@]2(C#N)O[C@@H](OCC)[C@H]1[C@H]1[C@@H](OCC)OC(C#N)=C[C@]12C(=O)OCC. The Bertz CT molecular complexity index is 916. The van der Waals surface area contributed by atoms with Gasteiger partial charge >= 0.3 is 11.9 Å². The van der Waals surface area contributed by atoms with Crippen LogP contribution in [0, 0.1) is 39.9 Å². The highest BCUT2D eigenvalue weighted by Gasteiger charge is 2.76. The first-order chi connectivity index (χ1) is 15.4. The summed E-state index contributed by atoms with van der Waals surface area (Å²) in [4.78, 5) is 26.4. The molecule has 0 unspecified atom stereocenters. The van der Waals surface area contributed by atoms with E-state index in [1.165, 1.54) is 12.2 Å². The summed E-state index contributed by atoms with van der Waals surface area (Å²) < 4.78 is 33.9. The van der Waals surface area contributed by atoms with Gasteiger partial charge < -0.3 is 28.4 Å². The Balaban J connectivity index is 2.36. The van der Waals surface area contributed by atoms with Gasteiger partial charge in [0.1, 0.15) is 17.6 Å². The Hall–Kier alpha value is -2.92. The highest BCUT2D eigenvalue weighted by Crippen LogP contribution is 2.62. The van der Waals surface area contributed by atoms with Crippen molar-refractivity contribution >= 4 is 11.9 Å². The molecule has 32 heavy (non-hydrogen) atoms. The van der Waals surface area contributed by atoms with Crippen LogP contribution in [-0.2, 0) is 38.0 Å². The van der Waals surface area contributed by atoms with Gasteiger partial charge in [0.2, 0.25) is 6.29 Å². The number of ether oxygens (including phenoxy) is 6. The Kier molecular flexibility index (Phi) is 6.89. The van der Waals surface area contributed by atoms with Crippen molar-refractivity contribution < 1.29 is 38.0 Å². The number of hydrogen-bond acceptors (Lipinski definition) is 10. The number of rotatable bonds is 8. The maximum atomic E-state index is 13.5. The van der Waals surface area contributed by atoms with E-state index < -0.39 is 47.4 Å². The summed E-state index contributed by atoms with van der Waals surface area (Å²) in [5.41, 5.74) is -3.71. The Morgan fingerprint density at radius 3 is 2.22 bits per heavy atom. The zero-order valence-corrected chi connectivity index (χ0v) is 18.5. The van der Waals surface area contributed by atoms with Crippen molar-refractivity contribution in [3.05, 3.63) is 23.5 Å². The largest absolute Gasteiger partial charge is 0.465 e. The number of fused-ring (bicyclic) bond motifs is 1. The zero-order valence-electron chi connectivity index (χ0n) is 18.5. The topological polar surface area (TPSA) is 137 Å². The highest BCUT2D eigenvalue weighted by atomic mass is 16.7. The van der Waals surface area contributed by atoms with Crippen LogP contribution >= 0.6 is 0 Å². The number of nitrogens with zero attached hydrogens (tertiary/aromatic N) is 2. The van der Waals surface area contributed by atoms with Gasteiger partial charge in [-0.2, -0.15) is 10.5 Å². The van der Waals surface area contributed by atoms with Crippen LogP contribution < -0.4 is 0 Å². The van der Waals surface area contributed by atoms with Gasteiger partial charge in [0, 0.05) is 18.8 Å². The fourth-order valence-electron chi connectivity index (χ4n) is 4.71. The number of carbonyl (C=O) groups excluding carboxylic acids is 2. The van der Waals surface area contributed by atoms with E-state index in [1.54, 1.807) is 27.7 Å². The van der Waals surface area contributed by atoms with Crippen LogP contribution in [0.25, 0.3) is 0 Å². The quantitative estimate of drug-likeness (QED) is 0.507. The van der Waals surface area contributed by atoms with E-state index in [4.69, 9.17) is 28.4 Å². The number of allylic oxidation sites excluding steroid dienone is 1. The molecule has 0 amide bonds. The van der Waals surface area contributed by atoms with E-state index in [1.807, 2.05) is 6.07 Å². The molecule has 0 radical (unpaired) electrons. The summed E-state index contributed by atoms with van der Waals surface area (Å²) in [7, 11) is 0. The lowest BCUT2D eigenvalue weighted by atomic mass is 9.51. The number of hydrogen-bond donors (Lipinski definition) is 0. The normalized spacial score (nSPS) is 34.7. The summed E-state index contributed by atoms with van der Waals surface area (Å²) in [6.07, 6.45) is 0.340. The molecule has 0 saturated carbocycles. The average molecular weight is 446 g/mol. The van der Waals surface area contributed by atoms with Gasteiger partial charge in [-0.05, 0) is 39.8 Å². The molecule has 1 fully saturated rings. The molecule has 0 aromatic rings. The molecule has 1 aliphatic carbocycles. The molecule has 10 heteroatoms. The van der Waals surface area contributed by atoms with Crippen molar-refractivity contribution in [3.63, 3.8) is 0 Å². The second kappa shape index (κ2) is 9.29. The molecule has 0 aromatic carbocycles. The van der Waals surface area contributed by atoms with Crippen molar-refractivity contribution in [1.82, 2.24) is 0 Å². The molecule has 0 aromatic heterocycles. The van der Waals surface area contributed by atoms with Gasteiger partial charge in [0.15, 0.2) is 17.7 Å². The third kappa shape index (κ3) is 3.36. The standard InChI is InChI=1S/C22H26N2O8/c1-5-27-17(25)14-10-21(12-24)22(20(26)30-8-4)9-13(11-23)31-19(29-7-3)16(22)15(14)18(32-21)28-6-2/h9-10,15-16,18-19H,5-8H2,1-4H3/t15-,16+,18-,19+,21+,22-/m1/s1. The predicted molar refractivity (Wildman–Crippen MR) is 106 cm³/mol. The van der Waals surface area contributed by atoms with Gasteiger partial charge in [0.25, 0.3) is 0 Å². The second-order valence-electron chi connectivity index (χ2n) is 7.31. The van der Waals surface area contributed by atoms with Crippen molar-refractivity contribution in [3.8, 4) is 12.1 Å². The smallest absolute Gasteiger partial charge is 0.334 e. The van der Waals surface area contributed by atoms with Crippen molar-refractivity contribution in [2.45, 2.75) is 45.9 Å². The highest BCUT2D eigenvalue weighted by molar-refractivity contribution is 5.93. The maximum absolute atomic E-state index is 13.5. The lowest BCUT2D eigenvalue weighted by Crippen LogP contribution is -2.72. The lowest BCUT2D eigenvalue weighted by molar-refractivity contribution is -0.321. The molecular formula is C22H26N2O8. The third-order valence-electron chi connectivity index (χ3n) is 5.80. The van der Waals surface area contributed by atoms with Gasteiger partial charge in [-0.15, -0.1) is 0 Å². The van der Waals surface area contributed by atoms with Crippen molar-refractivity contribution in [1.29, 1.82) is 10.5 Å². The zero-order chi connectivity index (χ0) is 23.5. The maximum Gasteiger partial charge on any atom is 0.334 e. The number of nitriles is 2. The van der Waals surface area contributed by atoms with E-state index in [-0.39, 0.29) is 37.8 Å². The summed E-state index contributed by atoms with van der Waals surface area (Å²) in [6.45, 7) is 7.29. The van der Waals surface area contributed by atoms with Crippen LogP contribution in [0.1, 0.15) is 27.7 Å². The Labute approximate surface area is 186 Å². The summed E-state index contributed by atoms with van der Waals surface area (Å²) in [6, 6.07) is 3.94. The first kappa shape index (κ1) is 23.7. The van der Waals surface area contributed by atoms with E-state index in [0.29, 0.717) is 0 Å². The molecule has 0 spiro atoms. The number of esters is 2. The minimum Gasteiger partial charge on any atom is -0.465 e. The minimum absolute atomic E-state index is 0.0265. The monoisotopic (exact) mass is 446 g/mol. The van der Waals surface area contributed by atoms with E-state index in [2.05, 4.69) is 6.07 Å². The van der Waals surface area contributed by atoms with E-state index >= 15 is 0 Å². The molecule has 10 nitrogen and oxygen atoms in total. The fourth-order valence-corrected chi connectivity index (χ4v) is 4.71. The molecule has 1 saturated heterocycles. The first-order valence-electron chi connectivity index (χ1n) is 10.6. The molecule has 3 heterocycles. The number of carbonyl (C=O) groups is 2. The average Bonchev–Trinajstić information content (AvgIpc) is 2.79. The van der Waals surface area contributed by atoms with Crippen LogP contribution in [0.15, 0.2) is 23.5 Å². The molecule has 3 aliphatic heterocycles. The molecule has 172 valence electrons. The molecular weight excluding hydrogens is 420 g/mol. The van der Waals surface area contributed by atoms with Crippen LogP contribution in [0.5, 0.6) is 0 Å². The van der Waals surface area contributed by atoms with Gasteiger partial charge in [0.05, 0.1) is 25.0 Å². The van der Waals surface area contributed by atoms with Gasteiger partial charge in [-0.3, -0.25) is 4.79 Å². The molecule has 0 N–H and O–H groups in total. The van der Waals surface area contributed by atoms with E-state index in [0.717, 1.165) is 0 Å². The van der Waals surface area contributed by atoms with Gasteiger partial charge in [-0.25, -0.2) is 4.79 Å². The van der Waals surface area contributed by atoms with Crippen LogP contribution in [0.4, 0.5) is 0 Å². The van der Waals surface area contributed by atoms with Crippen LogP contribution in [-0.4, -0.2) is 56.5 Å². The van der Waals surface area contributed by atoms with E-state index in [9.17, 15) is 20.1 Å². The molecule has 6 atom stereocenters. The van der Waals surface area contributed by atoms with Crippen molar-refractivity contribution in [2.24, 2.45) is 17.3 Å². The fraction of sp³-hybridized carbons (Fsp3) is 0.636. The lowest BCUT2D eigenvalue weighted by Gasteiger charge is -2.60. The van der Waals surface area contributed by atoms with Crippen LogP contribution in [0.3, 0.4) is 0 Å². The Morgan fingerprint density at radius 2 is 1.66 bits per heavy atom. The molecule has 4 aliphatic rings.